The van der Waals surface area contributed by atoms with Crippen molar-refractivity contribution >= 4 is 11.8 Å². The zero-order valence-electron chi connectivity index (χ0n) is 14.6. The molecule has 1 heterocycles. The third-order valence-corrected chi connectivity index (χ3v) is 5.18. The molecule has 23 heavy (non-hydrogen) atoms. The Hall–Kier alpha value is -1.14. The fraction of sp³-hybridized carbons (Fsp3) is 0.882. The van der Waals surface area contributed by atoms with Gasteiger partial charge >= 0.3 is 0 Å². The summed E-state index contributed by atoms with van der Waals surface area (Å²) < 4.78 is 4.94. The lowest BCUT2D eigenvalue weighted by molar-refractivity contribution is -0.140. The lowest BCUT2D eigenvalue weighted by Gasteiger charge is -2.37. The van der Waals surface area contributed by atoms with E-state index in [9.17, 15) is 9.59 Å². The fourth-order valence-electron chi connectivity index (χ4n) is 3.57. The van der Waals surface area contributed by atoms with Gasteiger partial charge in [0.1, 0.15) is 0 Å². The van der Waals surface area contributed by atoms with Crippen LogP contribution < -0.4 is 5.32 Å². The predicted octanol–water partition coefficient (Wildman–Crippen LogP) is 0.720. The Labute approximate surface area is 139 Å². The third-order valence-electron chi connectivity index (χ3n) is 5.18. The van der Waals surface area contributed by atoms with E-state index < -0.39 is 0 Å². The summed E-state index contributed by atoms with van der Waals surface area (Å²) in [7, 11) is 1.63. The molecule has 0 spiro atoms. The maximum atomic E-state index is 12.6. The van der Waals surface area contributed by atoms with Gasteiger partial charge in [0.2, 0.25) is 11.8 Å². The van der Waals surface area contributed by atoms with Crippen LogP contribution >= 0.6 is 0 Å². The van der Waals surface area contributed by atoms with Gasteiger partial charge in [0, 0.05) is 51.7 Å². The molecule has 1 saturated heterocycles. The van der Waals surface area contributed by atoms with Crippen molar-refractivity contribution in [1.82, 2.24) is 15.1 Å². The van der Waals surface area contributed by atoms with Crippen molar-refractivity contribution in [1.29, 1.82) is 0 Å². The minimum absolute atomic E-state index is 0.0628. The second-order valence-electron chi connectivity index (χ2n) is 6.59. The van der Waals surface area contributed by atoms with Gasteiger partial charge in [-0.2, -0.15) is 0 Å². The van der Waals surface area contributed by atoms with E-state index in [1.807, 2.05) is 4.90 Å². The first-order valence-corrected chi connectivity index (χ1v) is 8.93. The van der Waals surface area contributed by atoms with Gasteiger partial charge in [-0.05, 0) is 32.2 Å². The SMILES string of the molecule is CCN1CCN(C(=O)C2CCC(C(=O)NCCOC)CC2)CC1. The number of carbonyl (C=O) groups is 2. The maximum absolute atomic E-state index is 12.6. The van der Waals surface area contributed by atoms with Crippen LogP contribution in [0.25, 0.3) is 0 Å². The first-order valence-electron chi connectivity index (χ1n) is 8.93. The van der Waals surface area contributed by atoms with E-state index in [1.165, 1.54) is 0 Å². The van der Waals surface area contributed by atoms with Crippen LogP contribution in [0.1, 0.15) is 32.6 Å². The fourth-order valence-corrected chi connectivity index (χ4v) is 3.57. The van der Waals surface area contributed by atoms with E-state index in [0.717, 1.165) is 58.4 Å². The molecule has 0 unspecified atom stereocenters. The molecule has 0 bridgehead atoms. The Bertz CT molecular complexity index is 387. The molecule has 1 aliphatic carbocycles. The van der Waals surface area contributed by atoms with E-state index >= 15 is 0 Å². The number of nitrogens with zero attached hydrogens (tertiary/aromatic N) is 2. The Balaban J connectivity index is 1.71. The van der Waals surface area contributed by atoms with Gasteiger partial charge in [0.25, 0.3) is 0 Å². The number of hydrogen-bond donors (Lipinski definition) is 1. The molecule has 0 aromatic heterocycles. The van der Waals surface area contributed by atoms with Crippen LogP contribution in [0.5, 0.6) is 0 Å². The van der Waals surface area contributed by atoms with Gasteiger partial charge in [0.15, 0.2) is 0 Å². The number of likely N-dealkylation sites (N-methyl/N-ethyl adjacent to an activating group) is 1. The monoisotopic (exact) mass is 325 g/mol. The Morgan fingerprint density at radius 3 is 2.22 bits per heavy atom. The molecule has 2 rings (SSSR count). The molecule has 1 N–H and O–H groups in total. The van der Waals surface area contributed by atoms with Crippen LogP contribution in [0.15, 0.2) is 0 Å². The summed E-state index contributed by atoms with van der Waals surface area (Å²) in [5.74, 6) is 0.600. The first kappa shape index (κ1) is 18.2. The molecule has 6 nitrogen and oxygen atoms in total. The van der Waals surface area contributed by atoms with Crippen molar-refractivity contribution in [2.45, 2.75) is 32.6 Å². The molecule has 0 radical (unpaired) electrons. The Kier molecular flexibility index (Phi) is 7.30. The smallest absolute Gasteiger partial charge is 0.225 e. The molecule has 1 aliphatic heterocycles. The minimum atomic E-state index is 0.0628. The van der Waals surface area contributed by atoms with Gasteiger partial charge in [-0.25, -0.2) is 0 Å². The number of nitrogens with one attached hydrogen (secondary N) is 1. The van der Waals surface area contributed by atoms with E-state index in [1.54, 1.807) is 7.11 Å². The Morgan fingerprint density at radius 2 is 1.65 bits per heavy atom. The van der Waals surface area contributed by atoms with Crippen LogP contribution in [0.3, 0.4) is 0 Å². The largest absolute Gasteiger partial charge is 0.383 e. The summed E-state index contributed by atoms with van der Waals surface area (Å²) in [4.78, 5) is 29.1. The third kappa shape index (κ3) is 5.18. The topological polar surface area (TPSA) is 61.9 Å². The number of hydrogen-bond acceptors (Lipinski definition) is 4. The van der Waals surface area contributed by atoms with Crippen LogP contribution in [-0.2, 0) is 14.3 Å². The highest BCUT2D eigenvalue weighted by Gasteiger charge is 2.32. The lowest BCUT2D eigenvalue weighted by Crippen LogP contribution is -2.50. The van der Waals surface area contributed by atoms with Crippen molar-refractivity contribution in [3.63, 3.8) is 0 Å². The molecular formula is C17H31N3O3. The highest BCUT2D eigenvalue weighted by atomic mass is 16.5. The van der Waals surface area contributed by atoms with Crippen LogP contribution in [-0.4, -0.2) is 74.6 Å². The van der Waals surface area contributed by atoms with Gasteiger partial charge < -0.3 is 19.9 Å². The maximum Gasteiger partial charge on any atom is 0.225 e. The van der Waals surface area contributed by atoms with Crippen molar-refractivity contribution in [3.05, 3.63) is 0 Å². The highest BCUT2D eigenvalue weighted by Crippen LogP contribution is 2.30. The van der Waals surface area contributed by atoms with Gasteiger partial charge in [-0.1, -0.05) is 6.92 Å². The number of piperazine rings is 1. The first-order chi connectivity index (χ1) is 11.2. The molecule has 0 aromatic rings. The summed E-state index contributed by atoms with van der Waals surface area (Å²) in [6.45, 7) is 8.01. The van der Waals surface area contributed by atoms with Crippen LogP contribution in [0.2, 0.25) is 0 Å². The molecule has 132 valence electrons. The zero-order valence-corrected chi connectivity index (χ0v) is 14.6. The lowest BCUT2D eigenvalue weighted by atomic mass is 9.81. The predicted molar refractivity (Wildman–Crippen MR) is 89.0 cm³/mol. The molecule has 6 heteroatoms. The normalized spacial score (nSPS) is 26.1. The average Bonchev–Trinajstić information content (AvgIpc) is 2.61. The number of amides is 2. The molecule has 1 saturated carbocycles. The summed E-state index contributed by atoms with van der Waals surface area (Å²) in [5, 5.41) is 2.91. The summed E-state index contributed by atoms with van der Waals surface area (Å²) in [6, 6.07) is 0. The van der Waals surface area contributed by atoms with E-state index in [-0.39, 0.29) is 17.7 Å². The molecular weight excluding hydrogens is 294 g/mol. The molecule has 2 amide bonds. The molecule has 0 aromatic carbocycles. The van der Waals surface area contributed by atoms with Crippen molar-refractivity contribution in [2.24, 2.45) is 11.8 Å². The van der Waals surface area contributed by atoms with Crippen LogP contribution in [0.4, 0.5) is 0 Å². The number of carbonyl (C=O) groups excluding carboxylic acids is 2. The van der Waals surface area contributed by atoms with Crippen molar-refractivity contribution in [2.75, 3.05) is 53.0 Å². The molecule has 2 aliphatic rings. The second kappa shape index (κ2) is 9.23. The standard InChI is InChI=1S/C17H31N3O3/c1-3-19-9-11-20(12-10-19)17(22)15-6-4-14(5-7-15)16(21)18-8-13-23-2/h14-15H,3-13H2,1-2H3,(H,18,21). The number of ether oxygens (including phenoxy) is 1. The van der Waals surface area contributed by atoms with Gasteiger partial charge in [0.05, 0.1) is 6.61 Å². The van der Waals surface area contributed by atoms with E-state index in [0.29, 0.717) is 19.1 Å². The Morgan fingerprint density at radius 1 is 1.04 bits per heavy atom. The molecule has 0 atom stereocenters. The highest BCUT2D eigenvalue weighted by molar-refractivity contribution is 5.81. The second-order valence-corrected chi connectivity index (χ2v) is 6.59. The average molecular weight is 325 g/mol. The molecule has 2 fully saturated rings. The van der Waals surface area contributed by atoms with Gasteiger partial charge in [-0.3, -0.25) is 9.59 Å². The number of rotatable bonds is 6. The van der Waals surface area contributed by atoms with E-state index in [2.05, 4.69) is 17.1 Å². The van der Waals surface area contributed by atoms with Crippen molar-refractivity contribution < 1.29 is 14.3 Å². The summed E-state index contributed by atoms with van der Waals surface area (Å²) in [6.07, 6.45) is 3.33. The zero-order chi connectivity index (χ0) is 16.7. The summed E-state index contributed by atoms with van der Waals surface area (Å²) >= 11 is 0. The van der Waals surface area contributed by atoms with Crippen molar-refractivity contribution in [3.8, 4) is 0 Å². The van der Waals surface area contributed by atoms with Gasteiger partial charge in [-0.15, -0.1) is 0 Å². The van der Waals surface area contributed by atoms with E-state index in [4.69, 9.17) is 4.74 Å². The van der Waals surface area contributed by atoms with Crippen LogP contribution in [0, 0.1) is 11.8 Å². The number of methoxy groups -OCH3 is 1. The minimum Gasteiger partial charge on any atom is -0.383 e. The quantitative estimate of drug-likeness (QED) is 0.731. The summed E-state index contributed by atoms with van der Waals surface area (Å²) in [5.41, 5.74) is 0.